The zero-order valence-electron chi connectivity index (χ0n) is 17.2. The molecule has 0 saturated carbocycles. The average Bonchev–Trinajstić information content (AvgIpc) is 3.28. The number of carbonyl (C=O) groups excluding carboxylic acids is 2. The standard InChI is InChI=1S/C21H34N2O6/c1-2-3-12-28-23-20(25)13-19(24)22-14-16-15(17-10-11-18(16)29-17)8-6-4-5-7-9-21(26)27/h4,6,15-18H,2-3,5,7-14H2,1H3,(H,22,24)(H,23,25)(H,26,27)/t15-,16+,17-,18+/m1/s1. The summed E-state index contributed by atoms with van der Waals surface area (Å²) < 4.78 is 6.03. The Labute approximate surface area is 172 Å². The van der Waals surface area contributed by atoms with Crippen LogP contribution in [0.3, 0.4) is 0 Å². The molecule has 2 heterocycles. The molecule has 8 heteroatoms. The minimum absolute atomic E-state index is 0.164. The Balaban J connectivity index is 1.69. The van der Waals surface area contributed by atoms with Crippen LogP contribution in [0.2, 0.25) is 0 Å². The van der Waals surface area contributed by atoms with Gasteiger partial charge in [-0.2, -0.15) is 0 Å². The van der Waals surface area contributed by atoms with E-state index in [9.17, 15) is 14.4 Å². The molecule has 2 amide bonds. The Kier molecular flexibility index (Phi) is 10.1. The lowest BCUT2D eigenvalue weighted by Crippen LogP contribution is -2.39. The molecule has 2 aliphatic heterocycles. The van der Waals surface area contributed by atoms with Gasteiger partial charge < -0.3 is 15.2 Å². The third kappa shape index (κ3) is 8.14. The topological polar surface area (TPSA) is 114 Å². The lowest BCUT2D eigenvalue weighted by Gasteiger charge is -2.27. The van der Waals surface area contributed by atoms with E-state index >= 15 is 0 Å². The van der Waals surface area contributed by atoms with Crippen LogP contribution in [0.5, 0.6) is 0 Å². The normalized spacial score (nSPS) is 25.4. The Bertz CT molecular complexity index is 580. The van der Waals surface area contributed by atoms with Crippen LogP contribution in [0.25, 0.3) is 0 Å². The number of rotatable bonds is 14. The second-order valence-electron chi connectivity index (χ2n) is 7.82. The van der Waals surface area contributed by atoms with E-state index in [0.29, 0.717) is 25.5 Å². The fourth-order valence-corrected chi connectivity index (χ4v) is 4.05. The molecule has 29 heavy (non-hydrogen) atoms. The van der Waals surface area contributed by atoms with E-state index in [1.807, 2.05) is 13.0 Å². The van der Waals surface area contributed by atoms with Crippen molar-refractivity contribution < 1.29 is 29.1 Å². The summed E-state index contributed by atoms with van der Waals surface area (Å²) in [4.78, 5) is 39.3. The molecule has 0 aromatic heterocycles. The van der Waals surface area contributed by atoms with Crippen LogP contribution in [-0.4, -0.2) is 48.2 Å². The molecule has 0 unspecified atom stereocenters. The van der Waals surface area contributed by atoms with E-state index in [0.717, 1.165) is 38.5 Å². The van der Waals surface area contributed by atoms with Gasteiger partial charge in [-0.3, -0.25) is 19.2 Å². The van der Waals surface area contributed by atoms with Crippen LogP contribution in [-0.2, 0) is 24.0 Å². The van der Waals surface area contributed by atoms with Crippen LogP contribution in [0, 0.1) is 11.8 Å². The zero-order chi connectivity index (χ0) is 21.1. The Morgan fingerprint density at radius 3 is 2.59 bits per heavy atom. The van der Waals surface area contributed by atoms with Gasteiger partial charge in [0.25, 0.3) is 5.91 Å². The molecule has 2 saturated heterocycles. The number of allylic oxidation sites excluding steroid dienone is 2. The minimum atomic E-state index is -0.767. The first-order valence-electron chi connectivity index (χ1n) is 10.7. The number of amides is 2. The Morgan fingerprint density at radius 1 is 1.10 bits per heavy atom. The van der Waals surface area contributed by atoms with Crippen LogP contribution in [0.1, 0.15) is 64.7 Å². The number of carboxylic acid groups (broad SMARTS) is 1. The van der Waals surface area contributed by atoms with Crippen LogP contribution < -0.4 is 10.8 Å². The maximum absolute atomic E-state index is 12.1. The molecule has 4 atom stereocenters. The number of nitrogens with one attached hydrogen (secondary N) is 2. The molecule has 0 aliphatic carbocycles. The molecule has 2 fully saturated rings. The van der Waals surface area contributed by atoms with Gasteiger partial charge in [0.15, 0.2) is 0 Å². The van der Waals surface area contributed by atoms with Crippen LogP contribution in [0.15, 0.2) is 12.2 Å². The fourth-order valence-electron chi connectivity index (χ4n) is 4.05. The first kappa shape index (κ1) is 23.3. The molecular weight excluding hydrogens is 376 g/mol. The molecule has 2 bridgehead atoms. The summed E-state index contributed by atoms with van der Waals surface area (Å²) >= 11 is 0. The lowest BCUT2D eigenvalue weighted by atomic mass is 9.77. The maximum Gasteiger partial charge on any atom is 0.303 e. The monoisotopic (exact) mass is 410 g/mol. The van der Waals surface area contributed by atoms with Crippen molar-refractivity contribution in [3.05, 3.63) is 12.2 Å². The molecule has 2 aliphatic rings. The molecule has 0 aromatic carbocycles. The highest BCUT2D eigenvalue weighted by Gasteiger charge is 2.47. The first-order valence-corrected chi connectivity index (χ1v) is 10.7. The van der Waals surface area contributed by atoms with Crippen molar-refractivity contribution in [1.82, 2.24) is 10.8 Å². The quantitative estimate of drug-likeness (QED) is 0.175. The number of hydrogen-bond donors (Lipinski definition) is 3. The molecule has 3 N–H and O–H groups in total. The highest BCUT2D eigenvalue weighted by atomic mass is 16.6. The maximum atomic E-state index is 12.1. The largest absolute Gasteiger partial charge is 0.481 e. The summed E-state index contributed by atoms with van der Waals surface area (Å²) in [5.41, 5.74) is 2.29. The number of hydroxylamine groups is 1. The van der Waals surface area contributed by atoms with E-state index in [1.54, 1.807) is 0 Å². The highest BCUT2D eigenvalue weighted by molar-refractivity contribution is 5.96. The number of unbranched alkanes of at least 4 members (excludes halogenated alkanes) is 2. The minimum Gasteiger partial charge on any atom is -0.481 e. The number of aliphatic carboxylic acids is 1. The summed E-state index contributed by atoms with van der Waals surface area (Å²) in [5.74, 6) is -0.936. The molecule has 2 rings (SSSR count). The van der Waals surface area contributed by atoms with Crippen molar-refractivity contribution in [2.24, 2.45) is 11.8 Å². The number of fused-ring (bicyclic) bond motifs is 2. The number of carbonyl (C=O) groups is 3. The third-order valence-corrected chi connectivity index (χ3v) is 5.57. The summed E-state index contributed by atoms with van der Waals surface area (Å²) in [7, 11) is 0. The van der Waals surface area contributed by atoms with Gasteiger partial charge in [-0.1, -0.05) is 25.5 Å². The molecule has 0 aromatic rings. The molecule has 8 nitrogen and oxygen atoms in total. The summed E-state index contributed by atoms with van der Waals surface area (Å²) in [6, 6.07) is 0. The van der Waals surface area contributed by atoms with Crippen LogP contribution >= 0.6 is 0 Å². The Morgan fingerprint density at radius 2 is 1.86 bits per heavy atom. The van der Waals surface area contributed by atoms with Crippen molar-refractivity contribution >= 4 is 17.8 Å². The van der Waals surface area contributed by atoms with E-state index in [-0.39, 0.29) is 36.9 Å². The van der Waals surface area contributed by atoms with E-state index in [1.165, 1.54) is 0 Å². The first-order chi connectivity index (χ1) is 14.0. The predicted molar refractivity (Wildman–Crippen MR) is 107 cm³/mol. The molecule has 0 radical (unpaired) electrons. The fraction of sp³-hybridized carbons (Fsp3) is 0.762. The van der Waals surface area contributed by atoms with Gasteiger partial charge >= 0.3 is 5.97 Å². The second kappa shape index (κ2) is 12.6. The van der Waals surface area contributed by atoms with Gasteiger partial charge in [0, 0.05) is 18.9 Å². The number of hydrogen-bond acceptors (Lipinski definition) is 5. The average molecular weight is 411 g/mol. The van der Waals surface area contributed by atoms with Gasteiger partial charge in [0.05, 0.1) is 18.8 Å². The number of ether oxygens (including phenoxy) is 1. The van der Waals surface area contributed by atoms with Crippen molar-refractivity contribution in [1.29, 1.82) is 0 Å². The second-order valence-corrected chi connectivity index (χ2v) is 7.82. The third-order valence-electron chi connectivity index (χ3n) is 5.57. The van der Waals surface area contributed by atoms with Gasteiger partial charge in [-0.15, -0.1) is 0 Å². The van der Waals surface area contributed by atoms with Crippen molar-refractivity contribution in [2.75, 3.05) is 13.2 Å². The summed E-state index contributed by atoms with van der Waals surface area (Å²) in [6.45, 7) is 2.97. The van der Waals surface area contributed by atoms with E-state index in [4.69, 9.17) is 14.7 Å². The predicted octanol–water partition coefficient (Wildman–Crippen LogP) is 2.34. The molecular formula is C21H34N2O6. The number of carboxylic acids is 1. The molecule has 164 valence electrons. The highest BCUT2D eigenvalue weighted by Crippen LogP contribution is 2.44. The van der Waals surface area contributed by atoms with Crippen molar-refractivity contribution in [3.8, 4) is 0 Å². The smallest absolute Gasteiger partial charge is 0.303 e. The van der Waals surface area contributed by atoms with Crippen molar-refractivity contribution in [3.63, 3.8) is 0 Å². The van der Waals surface area contributed by atoms with Crippen molar-refractivity contribution in [2.45, 2.75) is 76.9 Å². The SMILES string of the molecule is CCCCONC(=O)CC(=O)NC[C@H]1[C@@H](CC=CCCCC(=O)O)[C@H]2CC[C@@H]1O2. The van der Waals surface area contributed by atoms with E-state index in [2.05, 4.69) is 16.9 Å². The summed E-state index contributed by atoms with van der Waals surface area (Å²) in [5, 5.41) is 11.5. The van der Waals surface area contributed by atoms with E-state index < -0.39 is 11.9 Å². The van der Waals surface area contributed by atoms with Gasteiger partial charge in [-0.05, 0) is 44.4 Å². The van der Waals surface area contributed by atoms with Crippen LogP contribution in [0.4, 0.5) is 0 Å². The summed E-state index contributed by atoms with van der Waals surface area (Å²) in [6.07, 6.45) is 10.6. The molecule has 0 spiro atoms. The Hall–Kier alpha value is -1.93. The van der Waals surface area contributed by atoms with Gasteiger partial charge in [0.2, 0.25) is 5.91 Å². The van der Waals surface area contributed by atoms with Gasteiger partial charge in [0.1, 0.15) is 6.42 Å². The zero-order valence-corrected chi connectivity index (χ0v) is 17.2. The lowest BCUT2D eigenvalue weighted by molar-refractivity contribution is -0.138. The van der Waals surface area contributed by atoms with Gasteiger partial charge in [-0.25, -0.2) is 5.48 Å².